The summed E-state index contributed by atoms with van der Waals surface area (Å²) in [6.07, 6.45) is 0. The molecule has 0 N–H and O–H groups in total. The highest BCUT2D eigenvalue weighted by molar-refractivity contribution is 7.54. The van der Waals surface area contributed by atoms with Gasteiger partial charge in [0.1, 0.15) is 0 Å². The van der Waals surface area contributed by atoms with E-state index in [0.717, 1.165) is 5.46 Å². The number of rotatable bonds is 2. The van der Waals surface area contributed by atoms with Crippen LogP contribution in [-0.2, 0) is 20.8 Å². The van der Waals surface area contributed by atoms with E-state index in [0.29, 0.717) is 5.69 Å². The van der Waals surface area contributed by atoms with E-state index in [4.69, 9.17) is 9.31 Å². The number of hydrogen-bond donors (Lipinski definition) is 0. The van der Waals surface area contributed by atoms with Crippen molar-refractivity contribution in [2.75, 3.05) is 0 Å². The molecule has 18 heavy (non-hydrogen) atoms. The molecule has 0 aromatic heterocycles. The topological polar surface area (TPSA) is 47.9 Å². The van der Waals surface area contributed by atoms with Gasteiger partial charge in [0.15, 0.2) is 0 Å². The van der Waals surface area contributed by atoms with Crippen LogP contribution >= 0.6 is 0 Å². The zero-order chi connectivity index (χ0) is 13.4. The van der Waals surface area contributed by atoms with Crippen molar-refractivity contribution >= 4 is 29.7 Å². The van der Waals surface area contributed by atoms with Crippen molar-refractivity contribution in [1.29, 1.82) is 0 Å². The van der Waals surface area contributed by atoms with Crippen LogP contribution in [0.25, 0.3) is 0 Å². The number of hydrogen-bond acceptors (Lipinski definition) is 4. The van der Waals surface area contributed by atoms with E-state index in [1.807, 2.05) is 39.8 Å². The molecule has 96 valence electrons. The van der Waals surface area contributed by atoms with Gasteiger partial charge in [-0.1, -0.05) is 12.1 Å². The van der Waals surface area contributed by atoms with E-state index < -0.39 is 0 Å². The maximum Gasteiger partial charge on any atom is 0.494 e. The third kappa shape index (κ3) is 2.41. The highest BCUT2D eigenvalue weighted by atomic mass is 32.1. The van der Waals surface area contributed by atoms with Crippen LogP contribution in [0, 0.1) is 0 Å². The molecule has 0 aliphatic carbocycles. The van der Waals surface area contributed by atoms with Crippen molar-refractivity contribution in [1.82, 2.24) is 0 Å². The molecule has 0 radical (unpaired) electrons. The molecular formula is C12H16BNO3S. The van der Waals surface area contributed by atoms with Gasteiger partial charge in [-0.05, 0) is 45.3 Å². The Morgan fingerprint density at radius 3 is 2.00 bits per heavy atom. The summed E-state index contributed by atoms with van der Waals surface area (Å²) in [5.74, 6) is 0. The molecule has 4 nitrogen and oxygen atoms in total. The molecule has 0 saturated carbocycles. The van der Waals surface area contributed by atoms with Gasteiger partial charge in [0.05, 0.1) is 16.9 Å². The lowest BCUT2D eigenvalue weighted by molar-refractivity contribution is 0.00578. The van der Waals surface area contributed by atoms with Crippen LogP contribution in [0.5, 0.6) is 0 Å². The minimum absolute atomic E-state index is 0.205. The van der Waals surface area contributed by atoms with Crippen molar-refractivity contribution in [3.8, 4) is 0 Å². The number of benzene rings is 1. The molecule has 1 heterocycles. The minimum atomic E-state index is -0.371. The average molecular weight is 265 g/mol. The molecule has 0 amide bonds. The van der Waals surface area contributed by atoms with Gasteiger partial charge in [0, 0.05) is 0 Å². The second kappa shape index (κ2) is 4.61. The zero-order valence-electron chi connectivity index (χ0n) is 11.0. The standard InChI is InChI=1S/C12H16BNO3S/c1-11(2)12(3,4)17-13(16-11)9-5-7-10(8-6-9)14-18-15/h5-8H,1-4H3. The van der Waals surface area contributed by atoms with Crippen molar-refractivity contribution < 1.29 is 13.5 Å². The molecule has 1 aromatic carbocycles. The highest BCUT2D eigenvalue weighted by Gasteiger charge is 2.51. The number of nitrogens with zero attached hydrogens (tertiary/aromatic N) is 1. The molecular weight excluding hydrogens is 249 g/mol. The van der Waals surface area contributed by atoms with Gasteiger partial charge < -0.3 is 9.31 Å². The lowest BCUT2D eigenvalue weighted by atomic mass is 9.79. The molecule has 6 heteroatoms. The normalized spacial score (nSPS) is 20.8. The SMILES string of the molecule is CC1(C)OB(c2ccc(N=S=O)cc2)OC1(C)C. The van der Waals surface area contributed by atoms with Crippen LogP contribution < -0.4 is 5.46 Å². The fraction of sp³-hybridized carbons (Fsp3) is 0.500. The fourth-order valence-corrected chi connectivity index (χ4v) is 1.92. The van der Waals surface area contributed by atoms with Crippen molar-refractivity contribution in [3.05, 3.63) is 24.3 Å². The summed E-state index contributed by atoms with van der Waals surface area (Å²) in [5, 5.41) is 0. The lowest BCUT2D eigenvalue weighted by Crippen LogP contribution is -2.41. The van der Waals surface area contributed by atoms with E-state index in [1.54, 1.807) is 12.1 Å². The maximum absolute atomic E-state index is 10.3. The Morgan fingerprint density at radius 1 is 1.06 bits per heavy atom. The van der Waals surface area contributed by atoms with Crippen LogP contribution in [0.15, 0.2) is 28.6 Å². The molecule has 1 aliphatic rings. The van der Waals surface area contributed by atoms with Gasteiger partial charge in [-0.15, -0.1) is 0 Å². The summed E-state index contributed by atoms with van der Waals surface area (Å²) in [5.41, 5.74) is 0.899. The molecule has 1 saturated heterocycles. The summed E-state index contributed by atoms with van der Waals surface area (Å²) < 4.78 is 25.9. The lowest BCUT2D eigenvalue weighted by Gasteiger charge is -2.32. The van der Waals surface area contributed by atoms with Crippen LogP contribution in [0.2, 0.25) is 0 Å². The molecule has 0 atom stereocenters. The van der Waals surface area contributed by atoms with E-state index in [-0.39, 0.29) is 29.8 Å². The van der Waals surface area contributed by atoms with Crippen LogP contribution in [0.3, 0.4) is 0 Å². The quantitative estimate of drug-likeness (QED) is 0.768. The van der Waals surface area contributed by atoms with Gasteiger partial charge in [-0.25, -0.2) is 0 Å². The molecule has 2 rings (SSSR count). The zero-order valence-corrected chi connectivity index (χ0v) is 11.8. The first kappa shape index (κ1) is 13.5. The minimum Gasteiger partial charge on any atom is -0.399 e. The summed E-state index contributed by atoms with van der Waals surface area (Å²) in [6.45, 7) is 8.07. The van der Waals surface area contributed by atoms with Gasteiger partial charge in [-0.3, -0.25) is 0 Å². The maximum atomic E-state index is 10.3. The third-order valence-electron chi connectivity index (χ3n) is 3.56. The summed E-state index contributed by atoms with van der Waals surface area (Å²) in [6, 6.07) is 7.31. The average Bonchev–Trinajstić information content (AvgIpc) is 2.50. The Bertz CT molecular complexity index is 479. The van der Waals surface area contributed by atoms with E-state index in [2.05, 4.69) is 4.36 Å². The van der Waals surface area contributed by atoms with Crippen molar-refractivity contribution in [2.45, 2.75) is 38.9 Å². The van der Waals surface area contributed by atoms with Gasteiger partial charge in [0.2, 0.25) is 11.5 Å². The van der Waals surface area contributed by atoms with E-state index >= 15 is 0 Å². The largest absolute Gasteiger partial charge is 0.494 e. The Balaban J connectivity index is 2.22. The second-order valence-electron chi connectivity index (χ2n) is 5.35. The van der Waals surface area contributed by atoms with Gasteiger partial charge in [-0.2, -0.15) is 8.57 Å². The monoisotopic (exact) mass is 265 g/mol. The first-order valence-electron chi connectivity index (χ1n) is 5.81. The Hall–Kier alpha value is -0.975. The molecule has 1 fully saturated rings. The molecule has 0 unspecified atom stereocenters. The smallest absolute Gasteiger partial charge is 0.399 e. The Labute approximate surface area is 111 Å². The van der Waals surface area contributed by atoms with E-state index in [1.165, 1.54) is 0 Å². The Kier molecular flexibility index (Phi) is 3.44. The molecule has 0 spiro atoms. The van der Waals surface area contributed by atoms with Crippen LogP contribution in [0.1, 0.15) is 27.7 Å². The van der Waals surface area contributed by atoms with Crippen molar-refractivity contribution in [2.24, 2.45) is 4.36 Å². The molecule has 0 bridgehead atoms. The van der Waals surface area contributed by atoms with Crippen LogP contribution in [-0.4, -0.2) is 22.5 Å². The predicted octanol–water partition coefficient (Wildman–Crippen LogP) is 2.01. The third-order valence-corrected chi connectivity index (χ3v) is 3.85. The summed E-state index contributed by atoms with van der Waals surface area (Å²) >= 11 is 0.205. The molecule has 1 aliphatic heterocycles. The van der Waals surface area contributed by atoms with E-state index in [9.17, 15) is 4.21 Å². The van der Waals surface area contributed by atoms with Crippen LogP contribution in [0.4, 0.5) is 5.69 Å². The summed E-state index contributed by atoms with van der Waals surface area (Å²) in [7, 11) is -0.371. The van der Waals surface area contributed by atoms with Gasteiger partial charge >= 0.3 is 7.12 Å². The fourth-order valence-electron chi connectivity index (χ4n) is 1.71. The second-order valence-corrected chi connectivity index (χ2v) is 5.68. The predicted molar refractivity (Wildman–Crippen MR) is 72.4 cm³/mol. The first-order chi connectivity index (χ1) is 8.36. The highest BCUT2D eigenvalue weighted by Crippen LogP contribution is 2.36. The van der Waals surface area contributed by atoms with Crippen molar-refractivity contribution in [3.63, 3.8) is 0 Å². The first-order valence-corrected chi connectivity index (χ1v) is 6.51. The van der Waals surface area contributed by atoms with Gasteiger partial charge in [0.25, 0.3) is 0 Å². The Morgan fingerprint density at radius 2 is 1.56 bits per heavy atom. The molecule has 1 aromatic rings. The summed E-state index contributed by atoms with van der Waals surface area (Å²) in [4.78, 5) is 0.